The Morgan fingerprint density at radius 2 is 1.24 bits per heavy atom. The van der Waals surface area contributed by atoms with Crippen molar-refractivity contribution in [2.24, 2.45) is 5.92 Å². The summed E-state index contributed by atoms with van der Waals surface area (Å²) >= 11 is 0. The van der Waals surface area contributed by atoms with Crippen molar-refractivity contribution in [3.63, 3.8) is 0 Å². The van der Waals surface area contributed by atoms with E-state index in [1.165, 1.54) is 64.8 Å². The smallest absolute Gasteiger partial charge is 0.396 e. The lowest BCUT2D eigenvalue weighted by Gasteiger charge is -2.41. The van der Waals surface area contributed by atoms with Crippen molar-refractivity contribution in [3.8, 4) is 0 Å². The molecule has 0 aromatic heterocycles. The summed E-state index contributed by atoms with van der Waals surface area (Å²) in [6.45, 7) is 0. The Bertz CT molecular complexity index is 1180. The summed E-state index contributed by atoms with van der Waals surface area (Å²) in [4.78, 5) is 0. The molecule has 0 amide bonds. The monoisotopic (exact) mass is 432 g/mol. The van der Waals surface area contributed by atoms with Gasteiger partial charge in [-0.1, -0.05) is 104 Å². The first-order valence-corrected chi connectivity index (χ1v) is 12.5. The predicted molar refractivity (Wildman–Crippen MR) is 138 cm³/mol. The fraction of sp³-hybridized carbons (Fsp3) is 0.333. The molecule has 0 bridgehead atoms. The number of nitrogens with one attached hydrogen (secondary N) is 1. The summed E-state index contributed by atoms with van der Waals surface area (Å²) < 4.78 is 6.60. The van der Waals surface area contributed by atoms with E-state index in [1.807, 2.05) is 7.62 Å². The lowest BCUT2D eigenvalue weighted by Crippen LogP contribution is -2.52. The van der Waals surface area contributed by atoms with Crippen LogP contribution in [-0.4, -0.2) is 19.3 Å². The van der Waals surface area contributed by atoms with Gasteiger partial charge < -0.3 is 9.88 Å². The largest absolute Gasteiger partial charge is 0.416 e. The van der Waals surface area contributed by atoms with Crippen molar-refractivity contribution in [3.05, 3.63) is 96.1 Å². The van der Waals surface area contributed by atoms with Gasteiger partial charge in [0.25, 0.3) is 0 Å². The van der Waals surface area contributed by atoms with Crippen molar-refractivity contribution in [1.82, 2.24) is 5.23 Å². The van der Waals surface area contributed by atoms with E-state index in [1.54, 1.807) is 0 Å². The normalized spacial score (nSPS) is 20.8. The summed E-state index contributed by atoms with van der Waals surface area (Å²) in [5.74, 6) is 0.665. The van der Waals surface area contributed by atoms with E-state index < -0.39 is 0 Å². The highest BCUT2D eigenvalue weighted by molar-refractivity contribution is 6.25. The first kappa shape index (κ1) is 21.0. The molecule has 2 nitrogen and oxygen atoms in total. The third-order valence-corrected chi connectivity index (χ3v) is 7.86. The van der Waals surface area contributed by atoms with Crippen LogP contribution in [0.15, 0.2) is 84.9 Å². The quantitative estimate of drug-likeness (QED) is 0.358. The van der Waals surface area contributed by atoms with Crippen molar-refractivity contribution >= 4 is 29.2 Å². The Labute approximate surface area is 197 Å². The van der Waals surface area contributed by atoms with Crippen molar-refractivity contribution in [2.45, 2.75) is 56.6 Å². The Kier molecular flexibility index (Phi) is 5.69. The Morgan fingerprint density at radius 3 is 1.82 bits per heavy atom. The lowest BCUT2D eigenvalue weighted by molar-refractivity contribution is 0.0437. The molecule has 4 aromatic carbocycles. The van der Waals surface area contributed by atoms with Gasteiger partial charge in [-0.25, -0.2) is 0 Å². The van der Waals surface area contributed by atoms with E-state index in [0.717, 1.165) is 12.8 Å². The summed E-state index contributed by atoms with van der Waals surface area (Å²) in [7, 11) is 1.89. The Hall–Kier alpha value is -2.62. The molecule has 2 aliphatic rings. The third-order valence-electron chi connectivity index (χ3n) is 7.86. The molecule has 1 N–H and O–H groups in total. The zero-order valence-corrected chi connectivity index (χ0v) is 19.2. The molecule has 33 heavy (non-hydrogen) atoms. The molecule has 1 radical (unpaired) electrons. The third kappa shape index (κ3) is 4.21. The van der Waals surface area contributed by atoms with Crippen LogP contribution in [0.2, 0.25) is 0 Å². The molecule has 1 unspecified atom stereocenters. The molecule has 3 heteroatoms. The second-order valence-electron chi connectivity index (χ2n) is 10.1. The van der Waals surface area contributed by atoms with Gasteiger partial charge in [-0.05, 0) is 51.4 Å². The Balaban J connectivity index is 1.38. The summed E-state index contributed by atoms with van der Waals surface area (Å²) in [6, 6.07) is 31.5. The minimum absolute atomic E-state index is 0.271. The minimum atomic E-state index is -0.271. The van der Waals surface area contributed by atoms with Crippen LogP contribution in [0.5, 0.6) is 0 Å². The molecular weight excluding hydrogens is 401 g/mol. The van der Waals surface area contributed by atoms with E-state index in [2.05, 4.69) is 90.2 Å². The SMILES string of the molecule is [B]1NC(C2CCCCC2)C(Cc2ccc3ccccc3c2)(Cc2ccc3ccccc3c2)O1. The first-order valence-electron chi connectivity index (χ1n) is 12.5. The van der Waals surface area contributed by atoms with E-state index >= 15 is 0 Å². The van der Waals surface area contributed by atoms with Crippen LogP contribution >= 0.6 is 0 Å². The highest BCUT2D eigenvalue weighted by Crippen LogP contribution is 2.39. The van der Waals surface area contributed by atoms with Gasteiger partial charge in [-0.2, -0.15) is 0 Å². The molecule has 165 valence electrons. The van der Waals surface area contributed by atoms with Gasteiger partial charge in [0.2, 0.25) is 0 Å². The second-order valence-corrected chi connectivity index (χ2v) is 10.1. The van der Waals surface area contributed by atoms with Gasteiger partial charge in [0.05, 0.1) is 5.60 Å². The maximum absolute atomic E-state index is 6.60. The van der Waals surface area contributed by atoms with E-state index in [0.29, 0.717) is 12.0 Å². The molecule has 0 spiro atoms. The molecule has 1 atom stereocenters. The standard InChI is InChI=1S/C30H31BNO/c1-2-10-26(11-3-1)29-30(33-31-32-29,20-22-14-16-24-8-4-6-12-27(24)18-22)21-23-15-17-25-9-5-7-13-28(25)19-23/h4-9,12-19,26,29,32H,1-3,10-11,20-21H2. The molecule has 4 aromatic rings. The van der Waals surface area contributed by atoms with Crippen LogP contribution in [0.1, 0.15) is 43.2 Å². The maximum atomic E-state index is 6.60. The van der Waals surface area contributed by atoms with Gasteiger partial charge in [-0.3, -0.25) is 0 Å². The van der Waals surface area contributed by atoms with Crippen LogP contribution in [0.4, 0.5) is 0 Å². The highest BCUT2D eigenvalue weighted by atomic mass is 16.5. The number of hydrogen-bond donors (Lipinski definition) is 1. The molecule has 1 aliphatic heterocycles. The zero-order valence-electron chi connectivity index (χ0n) is 19.2. The number of rotatable bonds is 5. The molecule has 2 fully saturated rings. The van der Waals surface area contributed by atoms with E-state index in [9.17, 15) is 0 Å². The maximum Gasteiger partial charge on any atom is 0.396 e. The molecule has 6 rings (SSSR count). The Morgan fingerprint density at radius 1 is 0.697 bits per heavy atom. The highest BCUT2D eigenvalue weighted by Gasteiger charge is 2.48. The fourth-order valence-corrected chi connectivity index (χ4v) is 6.24. The van der Waals surface area contributed by atoms with Crippen molar-refractivity contribution in [1.29, 1.82) is 0 Å². The molecule has 1 saturated heterocycles. The van der Waals surface area contributed by atoms with Crippen LogP contribution in [0, 0.1) is 5.92 Å². The summed E-state index contributed by atoms with van der Waals surface area (Å²) in [6.07, 6.45) is 8.47. The van der Waals surface area contributed by atoms with Crippen LogP contribution < -0.4 is 5.23 Å². The number of fused-ring (bicyclic) bond motifs is 2. The zero-order chi connectivity index (χ0) is 22.1. The van der Waals surface area contributed by atoms with Gasteiger partial charge in [0, 0.05) is 18.9 Å². The summed E-state index contributed by atoms with van der Waals surface area (Å²) in [5.41, 5.74) is 2.44. The predicted octanol–water partition coefficient (Wildman–Crippen LogP) is 6.62. The van der Waals surface area contributed by atoms with Gasteiger partial charge in [-0.15, -0.1) is 0 Å². The second kappa shape index (κ2) is 8.97. The van der Waals surface area contributed by atoms with Gasteiger partial charge in [0.15, 0.2) is 0 Å². The topological polar surface area (TPSA) is 21.3 Å². The van der Waals surface area contributed by atoms with Crippen LogP contribution in [0.3, 0.4) is 0 Å². The van der Waals surface area contributed by atoms with E-state index in [4.69, 9.17) is 4.65 Å². The van der Waals surface area contributed by atoms with Gasteiger partial charge in [0.1, 0.15) is 0 Å². The van der Waals surface area contributed by atoms with Crippen molar-refractivity contribution < 1.29 is 4.65 Å². The lowest BCUT2D eigenvalue weighted by atomic mass is 9.72. The number of benzene rings is 4. The van der Waals surface area contributed by atoms with Crippen LogP contribution in [-0.2, 0) is 17.5 Å². The molecule has 1 aliphatic carbocycles. The van der Waals surface area contributed by atoms with Gasteiger partial charge >= 0.3 is 7.62 Å². The minimum Gasteiger partial charge on any atom is -0.416 e. The van der Waals surface area contributed by atoms with E-state index in [-0.39, 0.29) is 5.60 Å². The molecule has 1 heterocycles. The van der Waals surface area contributed by atoms with Crippen molar-refractivity contribution in [2.75, 3.05) is 0 Å². The average Bonchev–Trinajstić information content (AvgIpc) is 3.27. The first-order chi connectivity index (χ1) is 16.3. The molecule has 1 saturated carbocycles. The average molecular weight is 432 g/mol. The number of hydrogen-bond acceptors (Lipinski definition) is 2. The fourth-order valence-electron chi connectivity index (χ4n) is 6.24. The summed E-state index contributed by atoms with van der Waals surface area (Å²) in [5, 5.41) is 8.89. The van der Waals surface area contributed by atoms with Crippen LogP contribution in [0.25, 0.3) is 21.5 Å². The molecular formula is C30H31BNO.